The van der Waals surface area contributed by atoms with Gasteiger partial charge in [-0.3, -0.25) is 0 Å². The second-order valence-corrected chi connectivity index (χ2v) is 6.45. The maximum absolute atomic E-state index is 14.1. The van der Waals surface area contributed by atoms with Gasteiger partial charge in [-0.15, -0.1) is 0 Å². The van der Waals surface area contributed by atoms with E-state index in [0.717, 1.165) is 31.5 Å². The summed E-state index contributed by atoms with van der Waals surface area (Å²) in [6.45, 7) is 6.83. The standard InChI is InChI=1S/C16H24FNO/c1-15(2)10-16(11-15,12-18-8-9-19-3)13-6-4-5-7-14(13)17/h4-7,18H,8-12H2,1-3H3. The van der Waals surface area contributed by atoms with Gasteiger partial charge in [0.1, 0.15) is 5.82 Å². The highest BCUT2D eigenvalue weighted by Crippen LogP contribution is 2.55. The van der Waals surface area contributed by atoms with E-state index in [1.165, 1.54) is 0 Å². The van der Waals surface area contributed by atoms with Crippen LogP contribution in [0.5, 0.6) is 0 Å². The molecule has 0 spiro atoms. The number of halogens is 1. The smallest absolute Gasteiger partial charge is 0.127 e. The molecule has 0 amide bonds. The molecule has 2 nitrogen and oxygen atoms in total. The van der Waals surface area contributed by atoms with E-state index in [1.807, 2.05) is 12.1 Å². The van der Waals surface area contributed by atoms with Gasteiger partial charge in [0, 0.05) is 25.6 Å². The second kappa shape index (κ2) is 5.59. The third-order valence-corrected chi connectivity index (χ3v) is 4.03. The SMILES string of the molecule is COCCNCC1(c2ccccc2F)CC(C)(C)C1. The lowest BCUT2D eigenvalue weighted by Gasteiger charge is -2.54. The van der Waals surface area contributed by atoms with Crippen molar-refractivity contribution in [3.8, 4) is 0 Å². The van der Waals surface area contributed by atoms with E-state index in [4.69, 9.17) is 4.74 Å². The molecule has 1 fully saturated rings. The minimum atomic E-state index is -0.0773. The number of nitrogens with one attached hydrogen (secondary N) is 1. The van der Waals surface area contributed by atoms with Crippen LogP contribution in [0.3, 0.4) is 0 Å². The van der Waals surface area contributed by atoms with Gasteiger partial charge in [0.2, 0.25) is 0 Å². The van der Waals surface area contributed by atoms with Crippen molar-refractivity contribution in [1.29, 1.82) is 0 Å². The summed E-state index contributed by atoms with van der Waals surface area (Å²) in [5.74, 6) is -0.0773. The number of ether oxygens (including phenoxy) is 1. The molecule has 2 rings (SSSR count). The molecular weight excluding hydrogens is 241 g/mol. The summed E-state index contributed by atoms with van der Waals surface area (Å²) < 4.78 is 19.1. The van der Waals surface area contributed by atoms with E-state index in [1.54, 1.807) is 19.2 Å². The molecule has 0 saturated heterocycles. The molecular formula is C16H24FNO. The number of benzene rings is 1. The molecule has 0 aliphatic heterocycles. The maximum Gasteiger partial charge on any atom is 0.127 e. The molecule has 0 unspecified atom stereocenters. The Morgan fingerprint density at radius 1 is 1.26 bits per heavy atom. The first-order valence-electron chi connectivity index (χ1n) is 6.94. The van der Waals surface area contributed by atoms with Crippen LogP contribution in [0.1, 0.15) is 32.3 Å². The van der Waals surface area contributed by atoms with E-state index >= 15 is 0 Å². The van der Waals surface area contributed by atoms with Gasteiger partial charge >= 0.3 is 0 Å². The Bertz CT molecular complexity index is 423. The van der Waals surface area contributed by atoms with Crippen molar-refractivity contribution in [2.24, 2.45) is 5.41 Å². The van der Waals surface area contributed by atoms with Crippen molar-refractivity contribution in [1.82, 2.24) is 5.32 Å². The molecule has 1 saturated carbocycles. The fourth-order valence-corrected chi connectivity index (χ4v) is 3.58. The Balaban J connectivity index is 2.11. The van der Waals surface area contributed by atoms with Gasteiger partial charge in [-0.05, 0) is 29.9 Å². The first-order valence-corrected chi connectivity index (χ1v) is 6.94. The Morgan fingerprint density at radius 3 is 2.53 bits per heavy atom. The Kier molecular flexibility index (Phi) is 4.26. The molecule has 0 aromatic heterocycles. The second-order valence-electron chi connectivity index (χ2n) is 6.45. The minimum absolute atomic E-state index is 0.0530. The number of rotatable bonds is 6. The van der Waals surface area contributed by atoms with Crippen LogP contribution in [0.25, 0.3) is 0 Å². The third-order valence-electron chi connectivity index (χ3n) is 4.03. The van der Waals surface area contributed by atoms with Crippen LogP contribution in [0, 0.1) is 11.2 Å². The van der Waals surface area contributed by atoms with Crippen molar-refractivity contribution in [3.63, 3.8) is 0 Å². The highest BCUT2D eigenvalue weighted by atomic mass is 19.1. The van der Waals surface area contributed by atoms with Crippen molar-refractivity contribution < 1.29 is 9.13 Å². The van der Waals surface area contributed by atoms with Gasteiger partial charge < -0.3 is 10.1 Å². The molecule has 3 heteroatoms. The number of methoxy groups -OCH3 is 1. The van der Waals surface area contributed by atoms with E-state index in [0.29, 0.717) is 12.0 Å². The van der Waals surface area contributed by atoms with Crippen molar-refractivity contribution in [3.05, 3.63) is 35.6 Å². The predicted molar refractivity (Wildman–Crippen MR) is 75.8 cm³/mol. The van der Waals surface area contributed by atoms with Gasteiger partial charge in [0.05, 0.1) is 6.61 Å². The average molecular weight is 265 g/mol. The van der Waals surface area contributed by atoms with E-state index in [9.17, 15) is 4.39 Å². The van der Waals surface area contributed by atoms with Crippen LogP contribution < -0.4 is 5.32 Å². The number of hydrogen-bond donors (Lipinski definition) is 1. The molecule has 1 aromatic carbocycles. The maximum atomic E-state index is 14.1. The van der Waals surface area contributed by atoms with Crippen molar-refractivity contribution >= 4 is 0 Å². The van der Waals surface area contributed by atoms with Crippen molar-refractivity contribution in [2.45, 2.75) is 32.1 Å². The lowest BCUT2D eigenvalue weighted by Crippen LogP contribution is -2.53. The average Bonchev–Trinajstić information content (AvgIpc) is 2.32. The van der Waals surface area contributed by atoms with E-state index in [2.05, 4.69) is 19.2 Å². The van der Waals surface area contributed by atoms with Crippen LogP contribution in [0.4, 0.5) is 4.39 Å². The molecule has 0 heterocycles. The lowest BCUT2D eigenvalue weighted by atomic mass is 9.52. The summed E-state index contributed by atoms with van der Waals surface area (Å²) in [6.07, 6.45) is 2.06. The highest BCUT2D eigenvalue weighted by Gasteiger charge is 2.50. The van der Waals surface area contributed by atoms with Gasteiger partial charge in [0.15, 0.2) is 0 Å². The summed E-state index contributed by atoms with van der Waals surface area (Å²) in [7, 11) is 1.70. The molecule has 1 N–H and O–H groups in total. The summed E-state index contributed by atoms with van der Waals surface area (Å²) in [5.41, 5.74) is 1.12. The molecule has 0 bridgehead atoms. The van der Waals surface area contributed by atoms with E-state index < -0.39 is 0 Å². The normalized spacial score (nSPS) is 20.0. The van der Waals surface area contributed by atoms with E-state index in [-0.39, 0.29) is 11.2 Å². The number of hydrogen-bond acceptors (Lipinski definition) is 2. The predicted octanol–water partition coefficient (Wildman–Crippen LogP) is 3.12. The zero-order valence-electron chi connectivity index (χ0n) is 12.1. The van der Waals surface area contributed by atoms with Crippen LogP contribution in [0.15, 0.2) is 24.3 Å². The molecule has 1 aliphatic rings. The molecule has 0 atom stereocenters. The van der Waals surface area contributed by atoms with Gasteiger partial charge in [-0.1, -0.05) is 32.0 Å². The highest BCUT2D eigenvalue weighted by molar-refractivity contribution is 5.32. The van der Waals surface area contributed by atoms with Crippen LogP contribution in [-0.4, -0.2) is 26.8 Å². The topological polar surface area (TPSA) is 21.3 Å². The first kappa shape index (κ1) is 14.5. The third kappa shape index (κ3) is 3.15. The molecule has 106 valence electrons. The Morgan fingerprint density at radius 2 is 1.95 bits per heavy atom. The molecule has 1 aliphatic carbocycles. The summed E-state index contributed by atoms with van der Waals surface area (Å²) >= 11 is 0. The quantitative estimate of drug-likeness (QED) is 0.798. The monoisotopic (exact) mass is 265 g/mol. The van der Waals surface area contributed by atoms with Crippen LogP contribution >= 0.6 is 0 Å². The summed E-state index contributed by atoms with van der Waals surface area (Å²) in [6, 6.07) is 7.19. The zero-order chi connectivity index (χ0) is 13.9. The minimum Gasteiger partial charge on any atom is -0.383 e. The van der Waals surface area contributed by atoms with Gasteiger partial charge in [-0.25, -0.2) is 4.39 Å². The lowest BCUT2D eigenvalue weighted by molar-refractivity contribution is 0.0521. The fourth-order valence-electron chi connectivity index (χ4n) is 3.58. The molecule has 19 heavy (non-hydrogen) atoms. The Hall–Kier alpha value is -0.930. The largest absolute Gasteiger partial charge is 0.383 e. The van der Waals surface area contributed by atoms with Gasteiger partial charge in [0.25, 0.3) is 0 Å². The first-order chi connectivity index (χ1) is 8.99. The van der Waals surface area contributed by atoms with Gasteiger partial charge in [-0.2, -0.15) is 0 Å². The van der Waals surface area contributed by atoms with Crippen LogP contribution in [-0.2, 0) is 10.2 Å². The molecule has 0 radical (unpaired) electrons. The fraction of sp³-hybridized carbons (Fsp3) is 0.625. The Labute approximate surface area is 115 Å². The zero-order valence-corrected chi connectivity index (χ0v) is 12.1. The summed E-state index contributed by atoms with van der Waals surface area (Å²) in [5, 5.41) is 3.40. The van der Waals surface area contributed by atoms with Crippen molar-refractivity contribution in [2.75, 3.05) is 26.8 Å². The van der Waals surface area contributed by atoms with Crippen LogP contribution in [0.2, 0.25) is 0 Å². The summed E-state index contributed by atoms with van der Waals surface area (Å²) in [4.78, 5) is 0. The molecule has 1 aromatic rings.